The molecular formula is C13H19N2+. The first-order chi connectivity index (χ1) is 7.29. The zero-order valence-electron chi connectivity index (χ0n) is 9.53. The summed E-state index contributed by atoms with van der Waals surface area (Å²) in [5.74, 6) is 0. The third kappa shape index (κ3) is 2.39. The number of rotatable bonds is 2. The molecule has 0 saturated heterocycles. The number of likely N-dealkylation sites (N-methyl/N-ethyl adjacent to an activating group) is 2. The lowest BCUT2D eigenvalue weighted by molar-refractivity contribution is -0.839. The van der Waals surface area contributed by atoms with Crippen LogP contribution in [0.2, 0.25) is 0 Å². The van der Waals surface area contributed by atoms with Crippen LogP contribution in [0.1, 0.15) is 6.92 Å². The highest BCUT2D eigenvalue weighted by molar-refractivity contribution is 5.47. The number of hydrogen-bond acceptors (Lipinski definition) is 1. The maximum absolute atomic E-state index is 2.33. The van der Waals surface area contributed by atoms with E-state index < -0.39 is 0 Å². The standard InChI is InChI=1S/C13H18N2/c1-3-15-10-6-13(7-11-15)12-4-8-14(2)9-5-12/h4-8,10H,3,9,11H2,1-2H3/p+1. The van der Waals surface area contributed by atoms with Gasteiger partial charge < -0.3 is 9.80 Å². The molecule has 2 aliphatic heterocycles. The summed E-state index contributed by atoms with van der Waals surface area (Å²) in [5.41, 5.74) is 2.73. The Bertz CT molecular complexity index is 348. The second-order valence-electron chi connectivity index (χ2n) is 4.12. The highest BCUT2D eigenvalue weighted by Gasteiger charge is 2.10. The Hall–Kier alpha value is -1.28. The molecule has 0 aromatic carbocycles. The van der Waals surface area contributed by atoms with E-state index in [9.17, 15) is 0 Å². The van der Waals surface area contributed by atoms with Crippen molar-refractivity contribution in [3.05, 3.63) is 47.9 Å². The smallest absolute Gasteiger partial charge is 0.101 e. The highest BCUT2D eigenvalue weighted by atomic mass is 15.1. The third-order valence-corrected chi connectivity index (χ3v) is 2.98. The van der Waals surface area contributed by atoms with Crippen molar-refractivity contribution in [1.82, 2.24) is 4.90 Å². The molecule has 0 spiro atoms. The van der Waals surface area contributed by atoms with E-state index in [1.807, 2.05) is 0 Å². The monoisotopic (exact) mass is 203 g/mol. The summed E-state index contributed by atoms with van der Waals surface area (Å²) in [6.45, 7) is 5.51. The van der Waals surface area contributed by atoms with Crippen LogP contribution in [0.25, 0.3) is 0 Å². The lowest BCUT2D eigenvalue weighted by atomic mass is 10.0. The Kier molecular flexibility index (Phi) is 3.07. The van der Waals surface area contributed by atoms with Gasteiger partial charge >= 0.3 is 0 Å². The van der Waals surface area contributed by atoms with E-state index in [1.165, 1.54) is 16.0 Å². The van der Waals surface area contributed by atoms with Gasteiger partial charge in [-0.25, -0.2) is 0 Å². The summed E-state index contributed by atoms with van der Waals surface area (Å²) in [6.07, 6.45) is 13.5. The van der Waals surface area contributed by atoms with Crippen molar-refractivity contribution in [1.29, 1.82) is 0 Å². The molecule has 2 heterocycles. The van der Waals surface area contributed by atoms with Crippen LogP contribution in [0.3, 0.4) is 0 Å². The minimum Gasteiger partial charge on any atom is -0.377 e. The molecule has 0 amide bonds. The lowest BCUT2D eigenvalue weighted by Gasteiger charge is -2.20. The van der Waals surface area contributed by atoms with E-state index >= 15 is 0 Å². The predicted molar refractivity (Wildman–Crippen MR) is 63.4 cm³/mol. The largest absolute Gasteiger partial charge is 0.377 e. The molecule has 2 aliphatic rings. The molecule has 0 aromatic rings. The number of allylic oxidation sites excluding steroid dienone is 4. The first-order valence-corrected chi connectivity index (χ1v) is 5.61. The summed E-state index contributed by atoms with van der Waals surface area (Å²) < 4.78 is 0. The van der Waals surface area contributed by atoms with E-state index in [2.05, 4.69) is 55.6 Å². The second-order valence-corrected chi connectivity index (χ2v) is 4.12. The van der Waals surface area contributed by atoms with E-state index in [4.69, 9.17) is 0 Å². The summed E-state index contributed by atoms with van der Waals surface area (Å²) in [4.78, 5) is 3.71. The highest BCUT2D eigenvalue weighted by Crippen LogP contribution is 2.16. The first kappa shape index (κ1) is 10.2. The zero-order valence-corrected chi connectivity index (χ0v) is 9.53. The first-order valence-electron chi connectivity index (χ1n) is 5.61. The number of nitrogens with one attached hydrogen (secondary N) is 1. The molecule has 2 heteroatoms. The van der Waals surface area contributed by atoms with Crippen LogP contribution in [0, 0.1) is 0 Å². The predicted octanol–water partition coefficient (Wildman–Crippen LogP) is 0.730. The van der Waals surface area contributed by atoms with Crippen LogP contribution < -0.4 is 4.90 Å². The fraction of sp³-hybridized carbons (Fsp3) is 0.385. The van der Waals surface area contributed by atoms with Gasteiger partial charge in [0.25, 0.3) is 0 Å². The normalized spacial score (nSPS) is 25.2. The van der Waals surface area contributed by atoms with Gasteiger partial charge in [0, 0.05) is 13.6 Å². The fourth-order valence-electron chi connectivity index (χ4n) is 1.85. The number of nitrogens with zero attached hydrogens (tertiary/aromatic N) is 1. The Morgan fingerprint density at radius 3 is 2.60 bits per heavy atom. The minimum absolute atomic E-state index is 1.02. The average molecular weight is 203 g/mol. The van der Waals surface area contributed by atoms with E-state index in [0.717, 1.165) is 19.6 Å². The molecule has 0 bridgehead atoms. The Morgan fingerprint density at radius 2 is 2.07 bits per heavy atom. The molecule has 80 valence electrons. The van der Waals surface area contributed by atoms with Crippen LogP contribution in [0.5, 0.6) is 0 Å². The summed E-state index contributed by atoms with van der Waals surface area (Å²) in [5, 5.41) is 0. The third-order valence-electron chi connectivity index (χ3n) is 2.98. The maximum Gasteiger partial charge on any atom is 0.101 e. The topological polar surface area (TPSA) is 7.68 Å². The van der Waals surface area contributed by atoms with Crippen LogP contribution in [-0.4, -0.2) is 31.6 Å². The van der Waals surface area contributed by atoms with Gasteiger partial charge in [0.15, 0.2) is 0 Å². The van der Waals surface area contributed by atoms with Crippen LogP contribution >= 0.6 is 0 Å². The van der Waals surface area contributed by atoms with Crippen LogP contribution in [0.15, 0.2) is 47.9 Å². The van der Waals surface area contributed by atoms with Gasteiger partial charge in [-0.05, 0) is 42.5 Å². The zero-order chi connectivity index (χ0) is 10.7. The van der Waals surface area contributed by atoms with Gasteiger partial charge in [-0.15, -0.1) is 0 Å². The van der Waals surface area contributed by atoms with Gasteiger partial charge in [-0.2, -0.15) is 0 Å². The van der Waals surface area contributed by atoms with Crippen molar-refractivity contribution in [3.63, 3.8) is 0 Å². The molecule has 15 heavy (non-hydrogen) atoms. The molecule has 1 atom stereocenters. The molecule has 2 rings (SSSR count). The molecule has 1 unspecified atom stereocenters. The molecule has 0 saturated carbocycles. The van der Waals surface area contributed by atoms with Crippen molar-refractivity contribution in [3.8, 4) is 0 Å². The van der Waals surface area contributed by atoms with Gasteiger partial charge in [-0.1, -0.05) is 6.08 Å². The quantitative estimate of drug-likeness (QED) is 0.695. The van der Waals surface area contributed by atoms with Crippen molar-refractivity contribution in [2.75, 3.05) is 26.7 Å². The summed E-state index contributed by atoms with van der Waals surface area (Å²) >= 11 is 0. The molecule has 0 aliphatic carbocycles. The molecule has 1 N–H and O–H groups in total. The van der Waals surface area contributed by atoms with Gasteiger partial charge in [-0.3, -0.25) is 0 Å². The van der Waals surface area contributed by atoms with Crippen molar-refractivity contribution in [2.24, 2.45) is 0 Å². The van der Waals surface area contributed by atoms with Crippen molar-refractivity contribution < 1.29 is 4.90 Å². The van der Waals surface area contributed by atoms with Crippen molar-refractivity contribution >= 4 is 0 Å². The van der Waals surface area contributed by atoms with E-state index in [1.54, 1.807) is 0 Å². The number of quaternary nitrogens is 1. The summed E-state index contributed by atoms with van der Waals surface area (Å²) in [6, 6.07) is 0. The Labute approximate surface area is 91.9 Å². The molecular weight excluding hydrogens is 184 g/mol. The Morgan fingerprint density at radius 1 is 1.27 bits per heavy atom. The summed E-state index contributed by atoms with van der Waals surface area (Å²) in [7, 11) is 2.10. The van der Waals surface area contributed by atoms with E-state index in [0.29, 0.717) is 0 Å². The molecule has 0 radical (unpaired) electrons. The molecule has 2 nitrogen and oxygen atoms in total. The Balaban J connectivity index is 2.05. The second kappa shape index (κ2) is 4.49. The lowest BCUT2D eigenvalue weighted by Crippen LogP contribution is -3.07. The average Bonchev–Trinajstić information content (AvgIpc) is 2.30. The van der Waals surface area contributed by atoms with E-state index in [-0.39, 0.29) is 0 Å². The molecule has 0 fully saturated rings. The SMILES string of the molecule is CC[NH+]1C=CC(C2=CCN(C)C=C2)=CC1. The van der Waals surface area contributed by atoms with Gasteiger partial charge in [0.1, 0.15) is 6.54 Å². The van der Waals surface area contributed by atoms with Crippen molar-refractivity contribution in [2.45, 2.75) is 6.92 Å². The fourth-order valence-corrected chi connectivity index (χ4v) is 1.85. The van der Waals surface area contributed by atoms with Gasteiger partial charge in [0.05, 0.1) is 12.7 Å². The maximum atomic E-state index is 2.33. The van der Waals surface area contributed by atoms with Crippen LogP contribution in [0.4, 0.5) is 0 Å². The van der Waals surface area contributed by atoms with Crippen LogP contribution in [-0.2, 0) is 0 Å². The number of hydrogen-bond donors (Lipinski definition) is 1. The minimum atomic E-state index is 1.02. The van der Waals surface area contributed by atoms with Gasteiger partial charge in [0.2, 0.25) is 0 Å². The molecule has 0 aromatic heterocycles.